The fourth-order valence-electron chi connectivity index (χ4n) is 1.88. The van der Waals surface area contributed by atoms with Crippen molar-refractivity contribution in [1.82, 2.24) is 0 Å². The molecule has 0 aromatic rings. The van der Waals surface area contributed by atoms with Crippen LogP contribution in [0.2, 0.25) is 0 Å². The van der Waals surface area contributed by atoms with Gasteiger partial charge < -0.3 is 0 Å². The topological polar surface area (TPSA) is 46.5 Å². The zero-order valence-corrected chi connectivity index (χ0v) is 9.75. The lowest BCUT2D eigenvalue weighted by Gasteiger charge is -2.30. The summed E-state index contributed by atoms with van der Waals surface area (Å²) in [5.41, 5.74) is -0.163. The number of hydrogen-bond acceptors (Lipinski definition) is 3. The molecular formula is C12H19NO2. The minimum absolute atomic E-state index is 0.0242. The Morgan fingerprint density at radius 1 is 1.33 bits per heavy atom. The number of nitrogens with zero attached hydrogens (tertiary/aromatic N) is 1. The molecule has 0 radical (unpaired) electrons. The maximum Gasteiger partial charge on any atom is 0.149 e. The van der Waals surface area contributed by atoms with Crippen LogP contribution in [0, 0.1) is 11.3 Å². The molecule has 0 N–H and O–H groups in total. The molecule has 1 aliphatic rings. The summed E-state index contributed by atoms with van der Waals surface area (Å²) < 4.78 is 0. The largest absolute Gasteiger partial charge is 0.298 e. The fourth-order valence-corrected chi connectivity index (χ4v) is 1.88. The monoisotopic (exact) mass is 209 g/mol. The number of ketones is 2. The van der Waals surface area contributed by atoms with Crippen LogP contribution in [-0.4, -0.2) is 24.3 Å². The average molecular weight is 209 g/mol. The van der Waals surface area contributed by atoms with Gasteiger partial charge in [-0.2, -0.15) is 0 Å². The van der Waals surface area contributed by atoms with Gasteiger partial charge in [0.1, 0.15) is 17.5 Å². The molecule has 1 saturated carbocycles. The molecular weight excluding hydrogens is 190 g/mol. The van der Waals surface area contributed by atoms with E-state index >= 15 is 0 Å². The minimum Gasteiger partial charge on any atom is -0.298 e. The van der Waals surface area contributed by atoms with Gasteiger partial charge in [-0.3, -0.25) is 14.6 Å². The van der Waals surface area contributed by atoms with Crippen LogP contribution in [0.25, 0.3) is 0 Å². The molecule has 0 heterocycles. The Morgan fingerprint density at radius 3 is 2.33 bits per heavy atom. The SMILES string of the molecule is CCCN=CC1C(=O)CC(C)(C)CC1=O. The first-order valence-electron chi connectivity index (χ1n) is 5.51. The van der Waals surface area contributed by atoms with Crippen molar-refractivity contribution in [1.29, 1.82) is 0 Å². The molecule has 1 fully saturated rings. The van der Waals surface area contributed by atoms with E-state index in [0.29, 0.717) is 19.4 Å². The second kappa shape index (κ2) is 4.69. The molecule has 0 aliphatic heterocycles. The summed E-state index contributed by atoms with van der Waals surface area (Å²) in [5, 5.41) is 0. The molecule has 0 unspecified atom stereocenters. The van der Waals surface area contributed by atoms with E-state index in [-0.39, 0.29) is 17.0 Å². The van der Waals surface area contributed by atoms with Gasteiger partial charge >= 0.3 is 0 Å². The summed E-state index contributed by atoms with van der Waals surface area (Å²) in [6.45, 7) is 6.63. The minimum atomic E-state index is -0.565. The molecule has 3 nitrogen and oxygen atoms in total. The predicted octanol–water partition coefficient (Wildman–Crippen LogP) is 2.04. The van der Waals surface area contributed by atoms with E-state index in [1.165, 1.54) is 0 Å². The second-order valence-corrected chi connectivity index (χ2v) is 4.98. The summed E-state index contributed by atoms with van der Waals surface area (Å²) in [6.07, 6.45) is 3.46. The Balaban J connectivity index is 2.67. The van der Waals surface area contributed by atoms with Crippen molar-refractivity contribution >= 4 is 17.8 Å². The third-order valence-electron chi connectivity index (χ3n) is 2.61. The lowest BCUT2D eigenvalue weighted by atomic mass is 9.72. The lowest BCUT2D eigenvalue weighted by molar-refractivity contribution is -0.136. The van der Waals surface area contributed by atoms with Crippen LogP contribution in [0.1, 0.15) is 40.0 Å². The molecule has 0 bridgehead atoms. The summed E-state index contributed by atoms with van der Waals surface area (Å²) in [7, 11) is 0. The first-order valence-corrected chi connectivity index (χ1v) is 5.51. The van der Waals surface area contributed by atoms with Gasteiger partial charge in [0.2, 0.25) is 0 Å². The van der Waals surface area contributed by atoms with Crippen molar-refractivity contribution in [3.63, 3.8) is 0 Å². The second-order valence-electron chi connectivity index (χ2n) is 4.98. The van der Waals surface area contributed by atoms with E-state index in [9.17, 15) is 9.59 Å². The summed E-state index contributed by atoms with van der Waals surface area (Å²) in [4.78, 5) is 27.5. The lowest BCUT2D eigenvalue weighted by Crippen LogP contribution is -2.38. The van der Waals surface area contributed by atoms with Crippen LogP contribution in [0.3, 0.4) is 0 Å². The van der Waals surface area contributed by atoms with Gasteiger partial charge in [-0.15, -0.1) is 0 Å². The van der Waals surface area contributed by atoms with E-state index in [2.05, 4.69) is 4.99 Å². The zero-order chi connectivity index (χ0) is 11.5. The molecule has 0 spiro atoms. The highest BCUT2D eigenvalue weighted by atomic mass is 16.2. The first kappa shape index (κ1) is 12.1. The number of aliphatic imine (C=N–C) groups is 1. The quantitative estimate of drug-likeness (QED) is 0.527. The van der Waals surface area contributed by atoms with Crippen LogP contribution in [0.15, 0.2) is 4.99 Å². The summed E-state index contributed by atoms with van der Waals surface area (Å²) in [6, 6.07) is 0. The fraction of sp³-hybridized carbons (Fsp3) is 0.750. The molecule has 0 aromatic heterocycles. The van der Waals surface area contributed by atoms with Crippen molar-refractivity contribution < 1.29 is 9.59 Å². The molecule has 0 atom stereocenters. The van der Waals surface area contributed by atoms with Crippen molar-refractivity contribution in [3.8, 4) is 0 Å². The standard InChI is InChI=1S/C12H19NO2/c1-4-5-13-8-9-10(14)6-12(2,3)7-11(9)15/h8-9H,4-7H2,1-3H3. The van der Waals surface area contributed by atoms with Crippen LogP contribution in [-0.2, 0) is 9.59 Å². The number of rotatable bonds is 3. The summed E-state index contributed by atoms with van der Waals surface area (Å²) >= 11 is 0. The van der Waals surface area contributed by atoms with E-state index in [4.69, 9.17) is 0 Å². The van der Waals surface area contributed by atoms with E-state index in [0.717, 1.165) is 6.42 Å². The molecule has 3 heteroatoms. The van der Waals surface area contributed by atoms with Crippen molar-refractivity contribution in [2.75, 3.05) is 6.54 Å². The normalized spacial score (nSPS) is 22.6. The highest BCUT2D eigenvalue weighted by molar-refractivity contribution is 6.16. The van der Waals surface area contributed by atoms with Crippen molar-refractivity contribution in [3.05, 3.63) is 0 Å². The van der Waals surface area contributed by atoms with Crippen LogP contribution >= 0.6 is 0 Å². The van der Waals surface area contributed by atoms with Crippen molar-refractivity contribution in [2.45, 2.75) is 40.0 Å². The van der Waals surface area contributed by atoms with Gasteiger partial charge in [0.05, 0.1) is 0 Å². The number of hydrogen-bond donors (Lipinski definition) is 0. The third-order valence-corrected chi connectivity index (χ3v) is 2.61. The third kappa shape index (κ3) is 3.26. The predicted molar refractivity (Wildman–Crippen MR) is 60.2 cm³/mol. The molecule has 0 amide bonds. The number of Topliss-reactive ketones (excluding diaryl/α,β-unsaturated/α-hetero) is 2. The maximum atomic E-state index is 11.7. The average Bonchev–Trinajstić information content (AvgIpc) is 2.08. The van der Waals surface area contributed by atoms with Gasteiger partial charge in [0.15, 0.2) is 0 Å². The Kier molecular flexibility index (Phi) is 3.77. The first-order chi connectivity index (χ1) is 6.96. The van der Waals surface area contributed by atoms with Gasteiger partial charge in [-0.1, -0.05) is 20.8 Å². The smallest absolute Gasteiger partial charge is 0.149 e. The van der Waals surface area contributed by atoms with Crippen molar-refractivity contribution in [2.24, 2.45) is 16.3 Å². The Hall–Kier alpha value is -0.990. The van der Waals surface area contributed by atoms with Gasteiger partial charge in [-0.05, 0) is 11.8 Å². The maximum absolute atomic E-state index is 11.7. The molecule has 0 aromatic carbocycles. The molecule has 84 valence electrons. The number of carbonyl (C=O) groups excluding carboxylic acids is 2. The molecule has 0 saturated heterocycles. The van der Waals surface area contributed by atoms with E-state index in [1.807, 2.05) is 20.8 Å². The zero-order valence-electron chi connectivity index (χ0n) is 9.75. The molecule has 1 rings (SSSR count). The van der Waals surface area contributed by atoms with Crippen LogP contribution in [0.4, 0.5) is 0 Å². The van der Waals surface area contributed by atoms with Crippen LogP contribution < -0.4 is 0 Å². The Morgan fingerprint density at radius 2 is 1.87 bits per heavy atom. The van der Waals surface area contributed by atoms with Gasteiger partial charge in [0.25, 0.3) is 0 Å². The van der Waals surface area contributed by atoms with E-state index in [1.54, 1.807) is 6.21 Å². The highest BCUT2D eigenvalue weighted by Crippen LogP contribution is 2.33. The molecule has 15 heavy (non-hydrogen) atoms. The molecule has 1 aliphatic carbocycles. The van der Waals surface area contributed by atoms with E-state index < -0.39 is 5.92 Å². The van der Waals surface area contributed by atoms with Crippen LogP contribution in [0.5, 0.6) is 0 Å². The summed E-state index contributed by atoms with van der Waals surface area (Å²) in [5.74, 6) is -0.517. The Labute approximate surface area is 91.0 Å². The highest BCUT2D eigenvalue weighted by Gasteiger charge is 2.38. The van der Waals surface area contributed by atoms with Gasteiger partial charge in [0, 0.05) is 25.6 Å². The Bertz CT molecular complexity index is 272. The van der Waals surface area contributed by atoms with Gasteiger partial charge in [-0.25, -0.2) is 0 Å². The number of carbonyl (C=O) groups is 2.